The molecule has 1 saturated carbocycles. The van der Waals surface area contributed by atoms with Crippen molar-refractivity contribution in [3.8, 4) is 6.07 Å². The highest BCUT2D eigenvalue weighted by atomic mass is 16.6. The van der Waals surface area contributed by atoms with Crippen LogP contribution in [0.1, 0.15) is 47.0 Å². The fraction of sp³-hybridized carbons (Fsp3) is 0.833. The van der Waals surface area contributed by atoms with E-state index >= 15 is 0 Å². The highest BCUT2D eigenvalue weighted by Crippen LogP contribution is 2.39. The van der Waals surface area contributed by atoms with Gasteiger partial charge in [0.25, 0.3) is 0 Å². The van der Waals surface area contributed by atoms with E-state index in [1.54, 1.807) is 11.8 Å². The lowest BCUT2D eigenvalue weighted by atomic mass is 9.98. The highest BCUT2D eigenvalue weighted by molar-refractivity contribution is 5.79. The second kappa shape index (κ2) is 7.61. The number of nitrogens with one attached hydrogen (secondary N) is 1. The van der Waals surface area contributed by atoms with Gasteiger partial charge in [-0.25, -0.2) is 4.79 Å². The van der Waals surface area contributed by atoms with Crippen molar-refractivity contribution < 1.29 is 14.3 Å². The standard InChI is InChI=1S/C18H30N4O3/c1-17(2,3)25-16(24)22-9-5-8-21(10-11-22)12-15(23)20-18(4,13-19)14-6-7-14/h14H,5-12H2,1-4H3,(H,20,23). The second-order valence-electron chi connectivity index (χ2n) is 8.23. The maximum absolute atomic E-state index is 12.3. The molecule has 0 spiro atoms. The summed E-state index contributed by atoms with van der Waals surface area (Å²) in [5.74, 6) is 0.148. The summed E-state index contributed by atoms with van der Waals surface area (Å²) in [6, 6.07) is 2.24. The average molecular weight is 350 g/mol. The lowest BCUT2D eigenvalue weighted by Crippen LogP contribution is -2.50. The molecule has 1 saturated heterocycles. The van der Waals surface area contributed by atoms with Gasteiger partial charge >= 0.3 is 6.09 Å². The Balaban J connectivity index is 1.81. The summed E-state index contributed by atoms with van der Waals surface area (Å²) in [4.78, 5) is 28.2. The number of nitriles is 1. The first-order valence-electron chi connectivity index (χ1n) is 9.05. The molecule has 0 aromatic heterocycles. The maximum Gasteiger partial charge on any atom is 0.410 e. The molecule has 1 N–H and O–H groups in total. The van der Waals surface area contributed by atoms with Crippen LogP contribution in [-0.2, 0) is 9.53 Å². The van der Waals surface area contributed by atoms with Crippen LogP contribution in [0.4, 0.5) is 4.79 Å². The molecule has 1 aliphatic heterocycles. The molecule has 0 radical (unpaired) electrons. The summed E-state index contributed by atoms with van der Waals surface area (Å²) in [6.07, 6.45) is 2.49. The SMILES string of the molecule is CC(C)(C)OC(=O)N1CCCN(CC(=O)NC(C)(C#N)C2CC2)CC1. The van der Waals surface area contributed by atoms with Crippen molar-refractivity contribution in [1.29, 1.82) is 5.26 Å². The number of ether oxygens (including phenoxy) is 1. The van der Waals surface area contributed by atoms with Gasteiger partial charge in [0.15, 0.2) is 0 Å². The van der Waals surface area contributed by atoms with Crippen LogP contribution in [0.2, 0.25) is 0 Å². The summed E-state index contributed by atoms with van der Waals surface area (Å²) in [5, 5.41) is 12.2. The van der Waals surface area contributed by atoms with Crippen LogP contribution in [0.3, 0.4) is 0 Å². The summed E-state index contributed by atoms with van der Waals surface area (Å²) in [6.45, 7) is 10.2. The molecule has 25 heavy (non-hydrogen) atoms. The first kappa shape index (κ1) is 19.5. The molecule has 2 fully saturated rings. The number of rotatable bonds is 4. The topological polar surface area (TPSA) is 85.7 Å². The predicted molar refractivity (Wildman–Crippen MR) is 93.7 cm³/mol. The van der Waals surface area contributed by atoms with Crippen molar-refractivity contribution in [2.24, 2.45) is 5.92 Å². The van der Waals surface area contributed by atoms with Crippen LogP contribution in [0.15, 0.2) is 0 Å². The quantitative estimate of drug-likeness (QED) is 0.835. The molecule has 0 bridgehead atoms. The normalized spacial score (nSPS) is 21.6. The molecular weight excluding hydrogens is 320 g/mol. The van der Waals surface area contributed by atoms with E-state index < -0.39 is 11.1 Å². The molecule has 140 valence electrons. The van der Waals surface area contributed by atoms with Gasteiger partial charge in [-0.15, -0.1) is 0 Å². The van der Waals surface area contributed by atoms with Crippen molar-refractivity contribution >= 4 is 12.0 Å². The van der Waals surface area contributed by atoms with Crippen LogP contribution < -0.4 is 5.32 Å². The fourth-order valence-corrected chi connectivity index (χ4v) is 3.05. The van der Waals surface area contributed by atoms with Crippen molar-refractivity contribution in [2.45, 2.75) is 58.1 Å². The molecule has 1 atom stereocenters. The lowest BCUT2D eigenvalue weighted by molar-refractivity contribution is -0.123. The summed E-state index contributed by atoms with van der Waals surface area (Å²) < 4.78 is 5.42. The van der Waals surface area contributed by atoms with Gasteiger partial charge in [0.2, 0.25) is 5.91 Å². The first-order valence-corrected chi connectivity index (χ1v) is 9.05. The molecule has 2 rings (SSSR count). The van der Waals surface area contributed by atoms with Crippen LogP contribution in [0.5, 0.6) is 0 Å². The number of carbonyl (C=O) groups excluding carboxylic acids is 2. The van der Waals surface area contributed by atoms with Crippen molar-refractivity contribution in [3.05, 3.63) is 0 Å². The molecule has 1 heterocycles. The third-order valence-electron chi connectivity index (χ3n) is 4.63. The summed E-state index contributed by atoms with van der Waals surface area (Å²) in [7, 11) is 0. The Hall–Kier alpha value is -1.81. The predicted octanol–water partition coefficient (Wildman–Crippen LogP) is 1.74. The molecule has 7 nitrogen and oxygen atoms in total. The Labute approximate surface area is 150 Å². The third kappa shape index (κ3) is 5.89. The zero-order valence-electron chi connectivity index (χ0n) is 15.8. The molecule has 0 aromatic rings. The zero-order valence-corrected chi connectivity index (χ0v) is 15.8. The Morgan fingerprint density at radius 2 is 1.84 bits per heavy atom. The second-order valence-corrected chi connectivity index (χ2v) is 8.23. The minimum absolute atomic E-state index is 0.123. The van der Waals surface area contributed by atoms with Crippen molar-refractivity contribution in [1.82, 2.24) is 15.1 Å². The van der Waals surface area contributed by atoms with E-state index in [1.165, 1.54) is 0 Å². The average Bonchev–Trinajstić information content (AvgIpc) is 3.32. The Morgan fingerprint density at radius 1 is 1.16 bits per heavy atom. The van der Waals surface area contributed by atoms with E-state index in [0.717, 1.165) is 25.8 Å². The van der Waals surface area contributed by atoms with E-state index in [-0.39, 0.29) is 24.5 Å². The van der Waals surface area contributed by atoms with Gasteiger partial charge in [-0.05, 0) is 52.9 Å². The highest BCUT2D eigenvalue weighted by Gasteiger charge is 2.43. The number of hydrogen-bond acceptors (Lipinski definition) is 5. The number of carbonyl (C=O) groups is 2. The molecule has 7 heteroatoms. The lowest BCUT2D eigenvalue weighted by Gasteiger charge is -2.27. The molecule has 1 unspecified atom stereocenters. The van der Waals surface area contributed by atoms with Gasteiger partial charge in [0.1, 0.15) is 11.1 Å². The van der Waals surface area contributed by atoms with E-state index in [9.17, 15) is 14.9 Å². The molecule has 2 aliphatic rings. The van der Waals surface area contributed by atoms with Gasteiger partial charge in [-0.1, -0.05) is 0 Å². The Bertz CT molecular complexity index is 548. The number of amides is 2. The van der Waals surface area contributed by atoms with E-state index in [4.69, 9.17) is 4.74 Å². The molecule has 1 aliphatic carbocycles. The smallest absolute Gasteiger partial charge is 0.410 e. The number of hydrogen-bond donors (Lipinski definition) is 1. The monoisotopic (exact) mass is 350 g/mol. The molecular formula is C18H30N4O3. The molecule has 2 amide bonds. The summed E-state index contributed by atoms with van der Waals surface area (Å²) in [5.41, 5.74) is -1.26. The van der Waals surface area contributed by atoms with Gasteiger partial charge < -0.3 is 15.0 Å². The minimum atomic E-state index is -0.758. The van der Waals surface area contributed by atoms with Gasteiger partial charge in [0.05, 0.1) is 12.6 Å². The number of nitrogens with zero attached hydrogens (tertiary/aromatic N) is 3. The Kier molecular flexibility index (Phi) is 5.94. The van der Waals surface area contributed by atoms with Crippen LogP contribution in [0, 0.1) is 17.2 Å². The third-order valence-corrected chi connectivity index (χ3v) is 4.63. The van der Waals surface area contributed by atoms with Crippen molar-refractivity contribution in [3.63, 3.8) is 0 Å². The van der Waals surface area contributed by atoms with Gasteiger partial charge in [-0.2, -0.15) is 5.26 Å². The van der Waals surface area contributed by atoms with Crippen LogP contribution >= 0.6 is 0 Å². The van der Waals surface area contributed by atoms with E-state index in [1.807, 2.05) is 25.7 Å². The van der Waals surface area contributed by atoms with E-state index in [2.05, 4.69) is 11.4 Å². The summed E-state index contributed by atoms with van der Waals surface area (Å²) >= 11 is 0. The zero-order chi connectivity index (χ0) is 18.7. The van der Waals surface area contributed by atoms with Gasteiger partial charge in [0, 0.05) is 26.2 Å². The van der Waals surface area contributed by atoms with Crippen molar-refractivity contribution in [2.75, 3.05) is 32.7 Å². The fourth-order valence-electron chi connectivity index (χ4n) is 3.05. The largest absolute Gasteiger partial charge is 0.444 e. The van der Waals surface area contributed by atoms with Crippen LogP contribution in [0.25, 0.3) is 0 Å². The minimum Gasteiger partial charge on any atom is -0.444 e. The van der Waals surface area contributed by atoms with Gasteiger partial charge in [-0.3, -0.25) is 9.69 Å². The van der Waals surface area contributed by atoms with Crippen LogP contribution in [-0.4, -0.2) is 65.7 Å². The Morgan fingerprint density at radius 3 is 2.40 bits per heavy atom. The maximum atomic E-state index is 12.3. The molecule has 0 aromatic carbocycles. The first-order chi connectivity index (χ1) is 11.6. The van der Waals surface area contributed by atoms with E-state index in [0.29, 0.717) is 19.6 Å².